The van der Waals surface area contributed by atoms with Gasteiger partial charge in [0.1, 0.15) is 17.6 Å². The lowest BCUT2D eigenvalue weighted by atomic mass is 10.1. The molecule has 0 spiro atoms. The average molecular weight is 408 g/mol. The van der Waals surface area contributed by atoms with Gasteiger partial charge >= 0.3 is 0 Å². The Morgan fingerprint density at radius 3 is 2.50 bits per heavy atom. The smallest absolute Gasteiger partial charge is 0.244 e. The van der Waals surface area contributed by atoms with E-state index < -0.39 is 27.8 Å². The van der Waals surface area contributed by atoms with Gasteiger partial charge in [0, 0.05) is 6.54 Å². The second-order valence-electron chi connectivity index (χ2n) is 6.23. The normalized spacial score (nSPS) is 12.3. The second-order valence-corrected chi connectivity index (χ2v) is 8.09. The van der Waals surface area contributed by atoms with Gasteiger partial charge in [-0.2, -0.15) is 0 Å². The molecule has 1 atom stereocenters. The standard InChI is InChI=1S/C20H25FN2O4S/c1-4-18(23(28(3,25)26)19-12-7-6-11-17(19)21)20(24)22-14-15-9-8-10-16(13-15)27-5-2/h6-13,18H,4-5,14H2,1-3H3,(H,22,24)/t18-/m1/s1. The van der Waals surface area contributed by atoms with Crippen molar-refractivity contribution in [3.63, 3.8) is 0 Å². The molecule has 0 aliphatic rings. The maximum Gasteiger partial charge on any atom is 0.244 e. The molecule has 6 nitrogen and oxygen atoms in total. The molecule has 0 heterocycles. The van der Waals surface area contributed by atoms with Crippen molar-refractivity contribution in [2.24, 2.45) is 0 Å². The highest BCUT2D eigenvalue weighted by molar-refractivity contribution is 7.92. The van der Waals surface area contributed by atoms with Gasteiger partial charge < -0.3 is 10.1 Å². The molecule has 152 valence electrons. The Morgan fingerprint density at radius 1 is 1.18 bits per heavy atom. The van der Waals surface area contributed by atoms with E-state index in [1.807, 2.05) is 25.1 Å². The van der Waals surface area contributed by atoms with Gasteiger partial charge in [-0.3, -0.25) is 9.10 Å². The molecule has 0 aromatic heterocycles. The molecule has 0 saturated carbocycles. The monoisotopic (exact) mass is 408 g/mol. The van der Waals surface area contributed by atoms with E-state index in [1.165, 1.54) is 18.2 Å². The highest BCUT2D eigenvalue weighted by Gasteiger charge is 2.32. The topological polar surface area (TPSA) is 75.7 Å². The van der Waals surface area contributed by atoms with Crippen molar-refractivity contribution in [2.45, 2.75) is 32.9 Å². The van der Waals surface area contributed by atoms with Gasteiger partial charge in [0.05, 0.1) is 18.6 Å². The molecule has 0 bridgehead atoms. The van der Waals surface area contributed by atoms with Gasteiger partial charge in [0.2, 0.25) is 15.9 Å². The zero-order valence-electron chi connectivity index (χ0n) is 16.2. The molecule has 1 amide bonds. The van der Waals surface area contributed by atoms with E-state index >= 15 is 0 Å². The molecular formula is C20H25FN2O4S. The van der Waals surface area contributed by atoms with E-state index in [1.54, 1.807) is 13.0 Å². The largest absolute Gasteiger partial charge is 0.494 e. The lowest BCUT2D eigenvalue weighted by Crippen LogP contribution is -2.49. The Hall–Kier alpha value is -2.61. The lowest BCUT2D eigenvalue weighted by molar-refractivity contribution is -0.122. The number of hydrogen-bond acceptors (Lipinski definition) is 4. The first kappa shape index (κ1) is 21.7. The van der Waals surface area contributed by atoms with Crippen LogP contribution in [0.25, 0.3) is 0 Å². The fraction of sp³-hybridized carbons (Fsp3) is 0.350. The van der Waals surface area contributed by atoms with E-state index in [2.05, 4.69) is 5.32 Å². The average Bonchev–Trinajstić information content (AvgIpc) is 2.64. The first-order chi connectivity index (χ1) is 13.3. The summed E-state index contributed by atoms with van der Waals surface area (Å²) in [7, 11) is -3.88. The summed E-state index contributed by atoms with van der Waals surface area (Å²) in [5, 5.41) is 2.74. The van der Waals surface area contributed by atoms with Crippen LogP contribution in [-0.4, -0.2) is 33.2 Å². The van der Waals surface area contributed by atoms with Crippen LogP contribution < -0.4 is 14.4 Å². The molecule has 2 aromatic rings. The first-order valence-corrected chi connectivity index (χ1v) is 10.9. The number of nitrogens with zero attached hydrogens (tertiary/aromatic N) is 1. The molecule has 2 rings (SSSR count). The van der Waals surface area contributed by atoms with Gasteiger partial charge in [-0.15, -0.1) is 0 Å². The third kappa shape index (κ3) is 5.45. The van der Waals surface area contributed by atoms with Gasteiger partial charge in [-0.25, -0.2) is 12.8 Å². The molecule has 0 radical (unpaired) electrons. The van der Waals surface area contributed by atoms with Crippen LogP contribution in [0, 0.1) is 5.82 Å². The van der Waals surface area contributed by atoms with Gasteiger partial charge in [-0.05, 0) is 43.2 Å². The van der Waals surface area contributed by atoms with Gasteiger partial charge in [0.25, 0.3) is 0 Å². The van der Waals surface area contributed by atoms with Crippen molar-refractivity contribution in [1.82, 2.24) is 5.32 Å². The molecule has 0 aliphatic heterocycles. The summed E-state index contributed by atoms with van der Waals surface area (Å²) in [6.07, 6.45) is 1.15. The summed E-state index contributed by atoms with van der Waals surface area (Å²) in [4.78, 5) is 12.8. The Labute approximate surface area is 165 Å². The number of ether oxygens (including phenoxy) is 1. The minimum Gasteiger partial charge on any atom is -0.494 e. The number of halogens is 1. The summed E-state index contributed by atoms with van der Waals surface area (Å²) in [6, 6.07) is 11.7. The minimum absolute atomic E-state index is 0.148. The van der Waals surface area contributed by atoms with Gasteiger partial charge in [0.15, 0.2) is 0 Å². The molecule has 0 fully saturated rings. The molecular weight excluding hydrogens is 383 g/mol. The third-order valence-electron chi connectivity index (χ3n) is 4.10. The number of rotatable bonds is 9. The number of carbonyl (C=O) groups excluding carboxylic acids is 1. The highest BCUT2D eigenvalue weighted by atomic mass is 32.2. The number of nitrogens with one attached hydrogen (secondary N) is 1. The van der Waals surface area contributed by atoms with Gasteiger partial charge in [-0.1, -0.05) is 31.2 Å². The van der Waals surface area contributed by atoms with Crippen molar-refractivity contribution < 1.29 is 22.3 Å². The maximum atomic E-state index is 14.2. The quantitative estimate of drug-likeness (QED) is 0.692. The number of sulfonamides is 1. The fourth-order valence-corrected chi connectivity index (χ4v) is 4.10. The van der Waals surface area contributed by atoms with Crippen LogP contribution >= 0.6 is 0 Å². The second kappa shape index (κ2) is 9.54. The van der Waals surface area contributed by atoms with E-state index in [-0.39, 0.29) is 18.7 Å². The number of hydrogen-bond donors (Lipinski definition) is 1. The summed E-state index contributed by atoms with van der Waals surface area (Å²) < 4.78 is 45.2. The first-order valence-electron chi connectivity index (χ1n) is 9.01. The van der Waals surface area contributed by atoms with Crippen molar-refractivity contribution in [3.05, 3.63) is 59.9 Å². The Kier molecular flexibility index (Phi) is 7.39. The van der Waals surface area contributed by atoms with Crippen molar-refractivity contribution in [2.75, 3.05) is 17.2 Å². The minimum atomic E-state index is -3.88. The molecule has 8 heteroatoms. The molecule has 0 saturated heterocycles. The van der Waals surface area contributed by atoms with Crippen molar-refractivity contribution in [1.29, 1.82) is 0 Å². The highest BCUT2D eigenvalue weighted by Crippen LogP contribution is 2.25. The van der Waals surface area contributed by atoms with Crippen molar-refractivity contribution in [3.8, 4) is 5.75 Å². The van der Waals surface area contributed by atoms with Crippen LogP contribution in [0.1, 0.15) is 25.8 Å². The van der Waals surface area contributed by atoms with Crippen LogP contribution in [0.5, 0.6) is 5.75 Å². The van der Waals surface area contributed by atoms with Crippen LogP contribution in [-0.2, 0) is 21.4 Å². The molecule has 0 unspecified atom stereocenters. The van der Waals surface area contributed by atoms with E-state index in [0.29, 0.717) is 12.4 Å². The zero-order chi connectivity index (χ0) is 20.7. The summed E-state index contributed by atoms with van der Waals surface area (Å²) in [5.74, 6) is -0.521. The lowest BCUT2D eigenvalue weighted by Gasteiger charge is -2.30. The molecule has 0 aliphatic carbocycles. The van der Waals surface area contributed by atoms with Crippen LogP contribution in [0.3, 0.4) is 0 Å². The molecule has 1 N–H and O–H groups in total. The summed E-state index contributed by atoms with van der Waals surface area (Å²) in [5.41, 5.74) is 0.663. The fourth-order valence-electron chi connectivity index (χ4n) is 2.88. The number of carbonyl (C=O) groups is 1. The summed E-state index contributed by atoms with van der Waals surface area (Å²) >= 11 is 0. The summed E-state index contributed by atoms with van der Waals surface area (Å²) in [6.45, 7) is 4.28. The van der Waals surface area contributed by atoms with E-state index in [4.69, 9.17) is 4.74 Å². The van der Waals surface area contributed by atoms with Crippen LogP contribution in [0.2, 0.25) is 0 Å². The Morgan fingerprint density at radius 2 is 1.89 bits per heavy atom. The van der Waals surface area contributed by atoms with Crippen LogP contribution in [0.15, 0.2) is 48.5 Å². The predicted molar refractivity (Wildman–Crippen MR) is 107 cm³/mol. The number of para-hydroxylation sites is 1. The van der Waals surface area contributed by atoms with Crippen LogP contribution in [0.4, 0.5) is 10.1 Å². The molecule has 2 aromatic carbocycles. The number of anilines is 1. The Balaban J connectivity index is 2.23. The predicted octanol–water partition coefficient (Wildman–Crippen LogP) is 3.09. The number of amides is 1. The third-order valence-corrected chi connectivity index (χ3v) is 5.26. The Bertz CT molecular complexity index is 918. The van der Waals surface area contributed by atoms with Crippen molar-refractivity contribution >= 4 is 21.6 Å². The van der Waals surface area contributed by atoms with E-state index in [0.717, 1.165) is 22.2 Å². The van der Waals surface area contributed by atoms with E-state index in [9.17, 15) is 17.6 Å². The molecule has 28 heavy (non-hydrogen) atoms. The number of benzene rings is 2. The maximum absolute atomic E-state index is 14.2. The zero-order valence-corrected chi connectivity index (χ0v) is 17.0. The SMILES string of the molecule is CCOc1cccc(CNC(=O)[C@@H](CC)N(c2ccccc2F)S(C)(=O)=O)c1.